The number of hydrogen-bond acceptors (Lipinski definition) is 0. The quantitative estimate of drug-likeness (QED) is 0.0835. The summed E-state index contributed by atoms with van der Waals surface area (Å²) in [6.07, 6.45) is 41.5. The smallest absolute Gasteiger partial charge is 0.172 e. The molecule has 1 aromatic rings. The second-order valence-electron chi connectivity index (χ2n) is 11.7. The van der Waals surface area contributed by atoms with Gasteiger partial charge >= 0.3 is 0 Å². The fourth-order valence-corrected chi connectivity index (χ4v) is 5.55. The van der Waals surface area contributed by atoms with Gasteiger partial charge in [0.1, 0.15) is 6.54 Å². The van der Waals surface area contributed by atoms with E-state index in [9.17, 15) is 0 Å². The maximum absolute atomic E-state index is 2.51. The van der Waals surface area contributed by atoms with E-state index in [0.717, 1.165) is 0 Å². The molecule has 36 heavy (non-hydrogen) atoms. The fourth-order valence-electron chi connectivity index (χ4n) is 5.55. The summed E-state index contributed by atoms with van der Waals surface area (Å²) in [4.78, 5) is 0. The van der Waals surface area contributed by atoms with Crippen LogP contribution < -0.4 is 4.57 Å². The summed E-state index contributed by atoms with van der Waals surface area (Å²) in [5.41, 5.74) is 3.27. The molecule has 0 radical (unpaired) electrons. The van der Waals surface area contributed by atoms with Crippen molar-refractivity contribution in [3.63, 3.8) is 0 Å². The van der Waals surface area contributed by atoms with Crippen molar-refractivity contribution < 1.29 is 4.57 Å². The van der Waals surface area contributed by atoms with Gasteiger partial charge < -0.3 is 0 Å². The number of aromatic nitrogens is 1. The topological polar surface area (TPSA) is 3.88 Å². The van der Waals surface area contributed by atoms with Crippen molar-refractivity contribution >= 4 is 0 Å². The number of aryl methyl sites for hydroxylation is 3. The van der Waals surface area contributed by atoms with Crippen molar-refractivity contribution in [3.05, 3.63) is 29.6 Å². The van der Waals surface area contributed by atoms with Crippen LogP contribution in [0.4, 0.5) is 0 Å². The van der Waals surface area contributed by atoms with Crippen molar-refractivity contribution in [2.75, 3.05) is 0 Å². The van der Waals surface area contributed by atoms with Gasteiger partial charge in [0.2, 0.25) is 0 Å². The van der Waals surface area contributed by atoms with E-state index in [2.05, 4.69) is 43.8 Å². The monoisotopic (exact) mass is 501 g/mol. The molecule has 0 aliphatic heterocycles. The number of rotatable bonds is 27. The van der Waals surface area contributed by atoms with Crippen LogP contribution in [0.5, 0.6) is 0 Å². The zero-order valence-corrected chi connectivity index (χ0v) is 25.3. The van der Waals surface area contributed by atoms with Gasteiger partial charge in [-0.3, -0.25) is 0 Å². The third-order valence-electron chi connectivity index (χ3n) is 8.07. The van der Waals surface area contributed by atoms with Crippen LogP contribution in [0.1, 0.15) is 186 Å². The highest BCUT2D eigenvalue weighted by atomic mass is 14.9. The lowest BCUT2D eigenvalue weighted by atomic mass is 9.98. The third kappa shape index (κ3) is 19.3. The largest absolute Gasteiger partial charge is 0.205 e. The van der Waals surface area contributed by atoms with E-state index in [0.29, 0.717) is 0 Å². The molecule has 0 aliphatic rings. The van der Waals surface area contributed by atoms with Gasteiger partial charge in [0.25, 0.3) is 0 Å². The van der Waals surface area contributed by atoms with Crippen LogP contribution in [0.25, 0.3) is 0 Å². The van der Waals surface area contributed by atoms with Gasteiger partial charge in [0.15, 0.2) is 12.4 Å². The summed E-state index contributed by atoms with van der Waals surface area (Å²) in [7, 11) is 0. The molecule has 1 aromatic heterocycles. The predicted octanol–water partition coefficient (Wildman–Crippen LogP) is 11.5. The fraction of sp³-hybridized carbons (Fsp3) is 0.857. The third-order valence-corrected chi connectivity index (χ3v) is 8.07. The molecule has 1 heteroatoms. The van der Waals surface area contributed by atoms with E-state index < -0.39 is 0 Å². The molecule has 0 atom stereocenters. The molecule has 1 heterocycles. The van der Waals surface area contributed by atoms with Gasteiger partial charge in [0.05, 0.1) is 0 Å². The normalized spacial score (nSPS) is 11.4. The van der Waals surface area contributed by atoms with Crippen LogP contribution in [0.3, 0.4) is 0 Å². The lowest BCUT2D eigenvalue weighted by Crippen LogP contribution is -2.34. The molecule has 1 nitrogen and oxygen atoms in total. The second kappa shape index (κ2) is 25.8. The van der Waals surface area contributed by atoms with E-state index >= 15 is 0 Å². The highest BCUT2D eigenvalue weighted by molar-refractivity contribution is 5.21. The molecule has 0 bridgehead atoms. The number of pyridine rings is 1. The second-order valence-corrected chi connectivity index (χ2v) is 11.7. The van der Waals surface area contributed by atoms with E-state index in [4.69, 9.17) is 0 Å². The Labute approximate surface area is 228 Å². The van der Waals surface area contributed by atoms with E-state index in [1.807, 2.05) is 0 Å². The number of hydrogen-bond donors (Lipinski definition) is 0. The minimum atomic E-state index is 1.20. The molecule has 0 unspecified atom stereocenters. The lowest BCUT2D eigenvalue weighted by molar-refractivity contribution is -0.697. The van der Waals surface area contributed by atoms with Gasteiger partial charge in [-0.25, -0.2) is 4.57 Å². The summed E-state index contributed by atoms with van der Waals surface area (Å²) in [5.74, 6) is 0. The van der Waals surface area contributed by atoms with Crippen LogP contribution in [-0.4, -0.2) is 0 Å². The van der Waals surface area contributed by atoms with Crippen molar-refractivity contribution in [1.82, 2.24) is 0 Å². The first kappa shape index (κ1) is 33.2. The standard InChI is InChI=1S/C35H66N/c1-4-7-10-13-14-15-16-17-18-19-20-21-22-23-24-27-31-36-32-30-34(28-25-11-8-5-2)35(33-36)29-26-12-9-6-3/h30,32-33H,4-29,31H2,1-3H3/q+1. The Kier molecular flexibility index (Phi) is 23.8. The molecule has 0 fully saturated rings. The molecule has 0 amide bonds. The first-order valence-corrected chi connectivity index (χ1v) is 16.8. The molecule has 0 aromatic carbocycles. The summed E-state index contributed by atoms with van der Waals surface area (Å²) < 4.78 is 2.49. The zero-order chi connectivity index (χ0) is 25.9. The van der Waals surface area contributed by atoms with Crippen LogP contribution in [-0.2, 0) is 19.4 Å². The highest BCUT2D eigenvalue weighted by Gasteiger charge is 2.10. The van der Waals surface area contributed by atoms with Crippen LogP contribution in [0.15, 0.2) is 18.5 Å². The predicted molar refractivity (Wildman–Crippen MR) is 162 cm³/mol. The molecule has 210 valence electrons. The maximum atomic E-state index is 2.51. The van der Waals surface area contributed by atoms with Crippen molar-refractivity contribution in [3.8, 4) is 0 Å². The molecule has 0 saturated heterocycles. The van der Waals surface area contributed by atoms with Crippen LogP contribution in [0.2, 0.25) is 0 Å². The van der Waals surface area contributed by atoms with Gasteiger partial charge in [-0.15, -0.1) is 0 Å². The zero-order valence-electron chi connectivity index (χ0n) is 25.3. The minimum Gasteiger partial charge on any atom is -0.205 e. The SMILES string of the molecule is CCCCCCCCCCCCCCCCCC[n+]1ccc(CCCCCC)c(CCCCCC)c1. The Morgan fingerprint density at radius 1 is 0.417 bits per heavy atom. The average molecular weight is 501 g/mol. The lowest BCUT2D eigenvalue weighted by Gasteiger charge is -2.09. The molecule has 0 N–H and O–H groups in total. The summed E-state index contributed by atoms with van der Waals surface area (Å²) in [5, 5.41) is 0. The van der Waals surface area contributed by atoms with Crippen LogP contribution in [0, 0.1) is 0 Å². The van der Waals surface area contributed by atoms with Gasteiger partial charge in [-0.1, -0.05) is 149 Å². The van der Waals surface area contributed by atoms with Crippen molar-refractivity contribution in [2.24, 2.45) is 0 Å². The summed E-state index contributed by atoms with van der Waals surface area (Å²) in [6, 6.07) is 2.45. The molecular weight excluding hydrogens is 434 g/mol. The Morgan fingerprint density at radius 3 is 1.22 bits per heavy atom. The Bertz CT molecular complexity index is 578. The molecule has 0 spiro atoms. The van der Waals surface area contributed by atoms with E-state index in [1.165, 1.54) is 173 Å². The number of unbranched alkanes of at least 4 members (excludes halogenated alkanes) is 21. The Morgan fingerprint density at radius 2 is 0.778 bits per heavy atom. The van der Waals surface area contributed by atoms with E-state index in [-0.39, 0.29) is 0 Å². The van der Waals surface area contributed by atoms with Gasteiger partial charge in [-0.05, 0) is 37.7 Å². The van der Waals surface area contributed by atoms with Gasteiger partial charge in [0, 0.05) is 18.1 Å². The average Bonchev–Trinajstić information content (AvgIpc) is 2.89. The minimum absolute atomic E-state index is 1.20. The highest BCUT2D eigenvalue weighted by Crippen LogP contribution is 2.16. The first-order valence-electron chi connectivity index (χ1n) is 16.8. The van der Waals surface area contributed by atoms with E-state index in [1.54, 1.807) is 11.1 Å². The summed E-state index contributed by atoms with van der Waals surface area (Å²) in [6.45, 7) is 8.13. The maximum Gasteiger partial charge on any atom is 0.172 e. The molecule has 0 aliphatic carbocycles. The Hall–Kier alpha value is -0.850. The number of nitrogens with zero attached hydrogens (tertiary/aromatic N) is 1. The Balaban J connectivity index is 2.12. The van der Waals surface area contributed by atoms with Crippen molar-refractivity contribution in [2.45, 2.75) is 194 Å². The molecular formula is C35H66N+. The molecule has 1 rings (SSSR count). The first-order chi connectivity index (χ1) is 17.8. The summed E-state index contributed by atoms with van der Waals surface area (Å²) >= 11 is 0. The molecule has 0 saturated carbocycles. The van der Waals surface area contributed by atoms with Crippen LogP contribution >= 0.6 is 0 Å². The van der Waals surface area contributed by atoms with Crippen molar-refractivity contribution in [1.29, 1.82) is 0 Å². The van der Waals surface area contributed by atoms with Gasteiger partial charge in [-0.2, -0.15) is 0 Å².